The van der Waals surface area contributed by atoms with E-state index in [1.807, 2.05) is 4.68 Å². The van der Waals surface area contributed by atoms with Gasteiger partial charge in [0.1, 0.15) is 0 Å². The number of hydrogen-bond acceptors (Lipinski definition) is 3. The number of nitrogens with one attached hydrogen (secondary N) is 2. The van der Waals surface area contributed by atoms with Crippen LogP contribution in [0.5, 0.6) is 0 Å². The van der Waals surface area contributed by atoms with E-state index in [4.69, 9.17) is 9.73 Å². The molecule has 1 atom stereocenters. The number of nitrogens with zero attached hydrogens (tertiary/aromatic N) is 3. The molecule has 7 heteroatoms. The molecule has 1 unspecified atom stereocenters. The molecule has 27 heavy (non-hydrogen) atoms. The summed E-state index contributed by atoms with van der Waals surface area (Å²) < 4.78 is 7.18. The summed E-state index contributed by atoms with van der Waals surface area (Å²) in [6, 6.07) is 0.427. The van der Waals surface area contributed by atoms with E-state index >= 15 is 0 Å². The monoisotopic (exact) mass is 493 g/mol. The first kappa shape index (κ1) is 26.2. The van der Waals surface area contributed by atoms with Crippen molar-refractivity contribution in [2.45, 2.75) is 85.9 Å². The van der Waals surface area contributed by atoms with Gasteiger partial charge in [-0.15, -0.1) is 24.0 Å². The highest BCUT2D eigenvalue weighted by Gasteiger charge is 2.12. The lowest BCUT2D eigenvalue weighted by Gasteiger charge is -2.17. The predicted octanol–water partition coefficient (Wildman–Crippen LogP) is 4.18. The summed E-state index contributed by atoms with van der Waals surface area (Å²) in [7, 11) is 1.72. The van der Waals surface area contributed by atoms with Crippen LogP contribution >= 0.6 is 24.0 Å². The number of halogens is 1. The Morgan fingerprint density at radius 3 is 2.59 bits per heavy atom. The third-order valence-electron chi connectivity index (χ3n) is 4.65. The molecule has 0 aliphatic heterocycles. The molecule has 158 valence electrons. The van der Waals surface area contributed by atoms with Crippen LogP contribution < -0.4 is 10.6 Å². The molecule has 1 rings (SSSR count). The van der Waals surface area contributed by atoms with E-state index in [0.29, 0.717) is 19.2 Å². The van der Waals surface area contributed by atoms with Crippen molar-refractivity contribution in [3.63, 3.8) is 0 Å². The van der Waals surface area contributed by atoms with Gasteiger partial charge in [-0.05, 0) is 34.1 Å². The topological polar surface area (TPSA) is 63.5 Å². The zero-order valence-corrected chi connectivity index (χ0v) is 20.4. The summed E-state index contributed by atoms with van der Waals surface area (Å²) in [5.74, 6) is 0.888. The van der Waals surface area contributed by atoms with Crippen LogP contribution in [0.3, 0.4) is 0 Å². The van der Waals surface area contributed by atoms with Crippen LogP contribution in [-0.2, 0) is 17.8 Å². The number of rotatable bonds is 12. The molecule has 0 saturated heterocycles. The Labute approximate surface area is 182 Å². The molecule has 0 spiro atoms. The van der Waals surface area contributed by atoms with Gasteiger partial charge in [0.2, 0.25) is 0 Å². The molecule has 0 fully saturated rings. The van der Waals surface area contributed by atoms with Gasteiger partial charge in [-0.25, -0.2) is 4.99 Å². The van der Waals surface area contributed by atoms with E-state index in [-0.39, 0.29) is 24.0 Å². The van der Waals surface area contributed by atoms with Gasteiger partial charge in [-0.1, -0.05) is 32.6 Å². The number of hydrogen-bond donors (Lipinski definition) is 2. The van der Waals surface area contributed by atoms with Crippen LogP contribution in [-0.4, -0.2) is 42.0 Å². The van der Waals surface area contributed by atoms with Gasteiger partial charge in [0.25, 0.3) is 0 Å². The van der Waals surface area contributed by atoms with E-state index in [1.165, 1.54) is 43.4 Å². The van der Waals surface area contributed by atoms with Crippen LogP contribution in [0.1, 0.15) is 69.8 Å². The van der Waals surface area contributed by atoms with E-state index < -0.39 is 0 Å². The zero-order chi connectivity index (χ0) is 19.4. The average Bonchev–Trinajstić information content (AvgIpc) is 2.88. The maximum absolute atomic E-state index is 5.16. The molecule has 2 N–H and O–H groups in total. The second-order valence-electron chi connectivity index (χ2n) is 6.96. The average molecular weight is 493 g/mol. The van der Waals surface area contributed by atoms with E-state index in [0.717, 1.165) is 24.7 Å². The van der Waals surface area contributed by atoms with Gasteiger partial charge >= 0.3 is 0 Å². The van der Waals surface area contributed by atoms with Crippen molar-refractivity contribution in [1.82, 2.24) is 20.4 Å². The maximum atomic E-state index is 5.16. The quantitative estimate of drug-likeness (QED) is 0.199. The Morgan fingerprint density at radius 2 is 1.96 bits per heavy atom. The minimum atomic E-state index is 0. The predicted molar refractivity (Wildman–Crippen MR) is 125 cm³/mol. The minimum absolute atomic E-state index is 0. The largest absolute Gasteiger partial charge is 0.383 e. The molecule has 0 saturated carbocycles. The number of ether oxygens (including phenoxy) is 1. The van der Waals surface area contributed by atoms with E-state index in [2.05, 4.69) is 50.4 Å². The second kappa shape index (κ2) is 15.1. The molecule has 1 aromatic rings. The highest BCUT2D eigenvalue weighted by Crippen LogP contribution is 2.14. The fraction of sp³-hybridized carbons (Fsp3) is 0.800. The standard InChI is InChI=1S/C20H39N5O.HI/c1-7-9-10-11-12-16(3)23-20(21-8-2)22-15-19-17(4)24-25(18(19)5)13-14-26-6;/h16H,7-15H2,1-6H3,(H2,21,22,23);1H. The van der Waals surface area contributed by atoms with Gasteiger partial charge in [0.05, 0.1) is 25.4 Å². The Hall–Kier alpha value is -0.830. The molecular weight excluding hydrogens is 453 g/mol. The summed E-state index contributed by atoms with van der Waals surface area (Å²) in [4.78, 5) is 4.79. The number of aryl methyl sites for hydroxylation is 1. The van der Waals surface area contributed by atoms with Crippen molar-refractivity contribution in [2.24, 2.45) is 4.99 Å². The van der Waals surface area contributed by atoms with Gasteiger partial charge < -0.3 is 15.4 Å². The number of unbranched alkanes of at least 4 members (excludes halogenated alkanes) is 3. The summed E-state index contributed by atoms with van der Waals surface area (Å²) in [5, 5.41) is 11.5. The van der Waals surface area contributed by atoms with Crippen molar-refractivity contribution >= 4 is 29.9 Å². The highest BCUT2D eigenvalue weighted by molar-refractivity contribution is 14.0. The normalized spacial score (nSPS) is 12.6. The van der Waals surface area contributed by atoms with Gasteiger partial charge in [-0.3, -0.25) is 4.68 Å². The summed E-state index contributed by atoms with van der Waals surface area (Å²) in [6.07, 6.45) is 6.37. The van der Waals surface area contributed by atoms with Crippen molar-refractivity contribution < 1.29 is 4.74 Å². The molecule has 0 aliphatic carbocycles. The van der Waals surface area contributed by atoms with Crippen molar-refractivity contribution in [3.8, 4) is 0 Å². The van der Waals surface area contributed by atoms with Crippen molar-refractivity contribution in [2.75, 3.05) is 20.3 Å². The number of aromatic nitrogens is 2. The van der Waals surface area contributed by atoms with Crippen molar-refractivity contribution in [3.05, 3.63) is 17.0 Å². The minimum Gasteiger partial charge on any atom is -0.383 e. The maximum Gasteiger partial charge on any atom is 0.191 e. The molecule has 1 aromatic heterocycles. The molecule has 0 radical (unpaired) electrons. The molecule has 0 aromatic carbocycles. The number of methoxy groups -OCH3 is 1. The van der Waals surface area contributed by atoms with Crippen LogP contribution in [0.2, 0.25) is 0 Å². The van der Waals surface area contributed by atoms with Crippen LogP contribution in [0, 0.1) is 13.8 Å². The lowest BCUT2D eigenvalue weighted by molar-refractivity contribution is 0.182. The molecule has 1 heterocycles. The molecule has 0 amide bonds. The molecule has 6 nitrogen and oxygen atoms in total. The Balaban J connectivity index is 0.00000676. The third kappa shape index (κ3) is 9.78. The fourth-order valence-corrected chi connectivity index (χ4v) is 3.02. The number of guanidine groups is 1. The van der Waals surface area contributed by atoms with Crippen molar-refractivity contribution in [1.29, 1.82) is 0 Å². The molecule has 0 aliphatic rings. The second-order valence-corrected chi connectivity index (χ2v) is 6.96. The van der Waals surface area contributed by atoms with Crippen LogP contribution in [0.25, 0.3) is 0 Å². The molecular formula is C20H40IN5O. The zero-order valence-electron chi connectivity index (χ0n) is 18.1. The van der Waals surface area contributed by atoms with Gasteiger partial charge in [0.15, 0.2) is 5.96 Å². The third-order valence-corrected chi connectivity index (χ3v) is 4.65. The summed E-state index contributed by atoms with van der Waals surface area (Å²) >= 11 is 0. The lowest BCUT2D eigenvalue weighted by Crippen LogP contribution is -2.42. The first-order valence-corrected chi connectivity index (χ1v) is 10.1. The van der Waals surface area contributed by atoms with E-state index in [9.17, 15) is 0 Å². The molecule has 0 bridgehead atoms. The Bertz CT molecular complexity index is 545. The SMILES string of the molecule is CCCCCCC(C)NC(=NCc1c(C)nn(CCOC)c1C)NCC.I. The smallest absolute Gasteiger partial charge is 0.191 e. The first-order valence-electron chi connectivity index (χ1n) is 10.1. The number of aliphatic imine (C=N–C) groups is 1. The van der Waals surface area contributed by atoms with Gasteiger partial charge in [-0.2, -0.15) is 5.10 Å². The fourth-order valence-electron chi connectivity index (χ4n) is 3.02. The van der Waals surface area contributed by atoms with Crippen LogP contribution in [0.4, 0.5) is 0 Å². The van der Waals surface area contributed by atoms with Crippen LogP contribution in [0.15, 0.2) is 4.99 Å². The van der Waals surface area contributed by atoms with E-state index in [1.54, 1.807) is 7.11 Å². The van der Waals surface area contributed by atoms with Gasteiger partial charge in [0, 0.05) is 31.0 Å². The highest BCUT2D eigenvalue weighted by atomic mass is 127. The first-order chi connectivity index (χ1) is 12.5. The summed E-state index contributed by atoms with van der Waals surface area (Å²) in [5.41, 5.74) is 3.42. The Morgan fingerprint density at radius 1 is 1.22 bits per heavy atom. The summed E-state index contributed by atoms with van der Waals surface area (Å²) in [6.45, 7) is 13.7. The lowest BCUT2D eigenvalue weighted by atomic mass is 10.1. The Kier molecular flexibility index (Phi) is 14.7.